The smallest absolute Gasteiger partial charge is 0.280 e. The summed E-state index contributed by atoms with van der Waals surface area (Å²) in [5.74, 6) is -0.436. The van der Waals surface area contributed by atoms with E-state index in [4.69, 9.17) is 5.73 Å². The van der Waals surface area contributed by atoms with Crippen molar-refractivity contribution in [2.24, 2.45) is 5.73 Å². The molecule has 2 aromatic rings. The number of benzene rings is 1. The lowest BCUT2D eigenvalue weighted by molar-refractivity contribution is 0.0999. The lowest BCUT2D eigenvalue weighted by Gasteiger charge is -2.31. The summed E-state index contributed by atoms with van der Waals surface area (Å²) in [6, 6.07) is 8.57. The highest BCUT2D eigenvalue weighted by Gasteiger charge is 2.21. The Morgan fingerprint density at radius 3 is 2.86 bits per heavy atom. The van der Waals surface area contributed by atoms with Gasteiger partial charge in [0.1, 0.15) is 5.69 Å². The SMILES string of the molecule is NC(=O)c1cccc2c1CCN(c1ccnc(C(F)F)c1)C2. The van der Waals surface area contributed by atoms with E-state index in [9.17, 15) is 13.6 Å². The molecular weight excluding hydrogens is 288 g/mol. The predicted molar refractivity (Wildman–Crippen MR) is 78.9 cm³/mol. The van der Waals surface area contributed by atoms with Crippen molar-refractivity contribution in [1.29, 1.82) is 0 Å². The summed E-state index contributed by atoms with van der Waals surface area (Å²) in [6.45, 7) is 1.20. The monoisotopic (exact) mass is 303 g/mol. The second-order valence-electron chi connectivity index (χ2n) is 5.22. The van der Waals surface area contributed by atoms with Crippen LogP contribution in [0.15, 0.2) is 36.5 Å². The molecule has 1 aliphatic rings. The minimum atomic E-state index is -2.58. The fourth-order valence-electron chi connectivity index (χ4n) is 2.81. The minimum absolute atomic E-state index is 0.228. The molecule has 0 radical (unpaired) electrons. The first-order chi connectivity index (χ1) is 10.6. The number of amides is 1. The molecule has 0 atom stereocenters. The number of pyridine rings is 1. The van der Waals surface area contributed by atoms with Crippen LogP contribution in [0.3, 0.4) is 0 Å². The predicted octanol–water partition coefficient (Wildman–Crippen LogP) is 2.68. The van der Waals surface area contributed by atoms with Crippen molar-refractivity contribution in [3.63, 3.8) is 0 Å². The molecule has 2 N–H and O–H groups in total. The number of primary amides is 1. The zero-order valence-corrected chi connectivity index (χ0v) is 11.8. The topological polar surface area (TPSA) is 59.2 Å². The van der Waals surface area contributed by atoms with Crippen molar-refractivity contribution in [2.45, 2.75) is 19.4 Å². The average Bonchev–Trinajstić information content (AvgIpc) is 2.53. The summed E-state index contributed by atoms with van der Waals surface area (Å²) in [6.07, 6.45) is -0.536. The molecule has 0 spiro atoms. The zero-order valence-electron chi connectivity index (χ0n) is 11.8. The molecule has 2 heterocycles. The molecule has 0 fully saturated rings. The Bertz CT molecular complexity index is 718. The highest BCUT2D eigenvalue weighted by atomic mass is 19.3. The number of hydrogen-bond acceptors (Lipinski definition) is 3. The van der Waals surface area contributed by atoms with Crippen molar-refractivity contribution in [1.82, 2.24) is 4.98 Å². The molecule has 6 heteroatoms. The summed E-state index contributed by atoms with van der Waals surface area (Å²) in [4.78, 5) is 17.1. The van der Waals surface area contributed by atoms with Crippen LogP contribution >= 0.6 is 0 Å². The number of nitrogens with two attached hydrogens (primary N) is 1. The van der Waals surface area contributed by atoms with Crippen LogP contribution < -0.4 is 10.6 Å². The van der Waals surface area contributed by atoms with Crippen LogP contribution in [0.1, 0.15) is 33.6 Å². The van der Waals surface area contributed by atoms with Crippen molar-refractivity contribution >= 4 is 11.6 Å². The first kappa shape index (κ1) is 14.4. The molecule has 3 rings (SSSR count). The van der Waals surface area contributed by atoms with E-state index in [0.717, 1.165) is 11.1 Å². The highest BCUT2D eigenvalue weighted by molar-refractivity contribution is 5.94. The summed E-state index contributed by atoms with van der Waals surface area (Å²) >= 11 is 0. The number of carbonyl (C=O) groups excluding carboxylic acids is 1. The van der Waals surface area contributed by atoms with E-state index in [1.807, 2.05) is 11.0 Å². The number of alkyl halides is 2. The van der Waals surface area contributed by atoms with Crippen LogP contribution in [0.2, 0.25) is 0 Å². The number of hydrogen-bond donors (Lipinski definition) is 1. The van der Waals surface area contributed by atoms with Gasteiger partial charge in [-0.25, -0.2) is 8.78 Å². The molecule has 1 aliphatic heterocycles. The average molecular weight is 303 g/mol. The third-order valence-corrected chi connectivity index (χ3v) is 3.88. The van der Waals surface area contributed by atoms with Crippen LogP contribution in [0.25, 0.3) is 0 Å². The molecule has 0 bridgehead atoms. The highest BCUT2D eigenvalue weighted by Crippen LogP contribution is 2.28. The number of fused-ring (bicyclic) bond motifs is 1. The maximum Gasteiger partial charge on any atom is 0.280 e. The normalized spacial score (nSPS) is 14.0. The van der Waals surface area contributed by atoms with E-state index >= 15 is 0 Å². The van der Waals surface area contributed by atoms with Gasteiger partial charge >= 0.3 is 0 Å². The van der Waals surface area contributed by atoms with Gasteiger partial charge in [0.15, 0.2) is 0 Å². The Labute approximate surface area is 126 Å². The van der Waals surface area contributed by atoms with Crippen LogP contribution in [-0.4, -0.2) is 17.4 Å². The van der Waals surface area contributed by atoms with E-state index in [0.29, 0.717) is 30.8 Å². The van der Waals surface area contributed by atoms with Gasteiger partial charge in [-0.3, -0.25) is 9.78 Å². The van der Waals surface area contributed by atoms with E-state index in [1.165, 1.54) is 12.3 Å². The molecule has 1 aromatic heterocycles. The second kappa shape index (κ2) is 5.71. The number of aromatic nitrogens is 1. The van der Waals surface area contributed by atoms with E-state index < -0.39 is 12.3 Å². The van der Waals surface area contributed by atoms with Crippen LogP contribution in [0.5, 0.6) is 0 Å². The Morgan fingerprint density at radius 2 is 2.14 bits per heavy atom. The maximum absolute atomic E-state index is 12.8. The summed E-state index contributed by atoms with van der Waals surface area (Å²) < 4.78 is 25.5. The van der Waals surface area contributed by atoms with Gasteiger partial charge in [-0.2, -0.15) is 0 Å². The summed E-state index contributed by atoms with van der Waals surface area (Å²) in [5, 5.41) is 0. The van der Waals surface area contributed by atoms with Gasteiger partial charge in [0.2, 0.25) is 5.91 Å². The molecule has 0 unspecified atom stereocenters. The molecule has 114 valence electrons. The van der Waals surface area contributed by atoms with Crippen LogP contribution in [0.4, 0.5) is 14.5 Å². The number of nitrogens with zero attached hydrogens (tertiary/aromatic N) is 2. The fourth-order valence-corrected chi connectivity index (χ4v) is 2.81. The van der Waals surface area contributed by atoms with Crippen molar-refractivity contribution in [3.8, 4) is 0 Å². The van der Waals surface area contributed by atoms with Crippen molar-refractivity contribution < 1.29 is 13.6 Å². The molecule has 1 aromatic carbocycles. The molecule has 0 saturated heterocycles. The van der Waals surface area contributed by atoms with Gasteiger partial charge < -0.3 is 10.6 Å². The van der Waals surface area contributed by atoms with Gasteiger partial charge in [0.05, 0.1) is 0 Å². The van der Waals surface area contributed by atoms with E-state index in [2.05, 4.69) is 4.98 Å². The number of rotatable bonds is 3. The van der Waals surface area contributed by atoms with Crippen molar-refractivity contribution in [3.05, 3.63) is 58.9 Å². The number of anilines is 1. The van der Waals surface area contributed by atoms with Crippen LogP contribution in [0, 0.1) is 0 Å². The Morgan fingerprint density at radius 1 is 1.32 bits per heavy atom. The third-order valence-electron chi connectivity index (χ3n) is 3.88. The lowest BCUT2D eigenvalue weighted by Crippen LogP contribution is -2.32. The first-order valence-corrected chi connectivity index (χ1v) is 6.96. The minimum Gasteiger partial charge on any atom is -0.367 e. The van der Waals surface area contributed by atoms with Gasteiger partial charge in [0, 0.05) is 30.5 Å². The largest absolute Gasteiger partial charge is 0.367 e. The molecule has 0 saturated carbocycles. The van der Waals surface area contributed by atoms with Gasteiger partial charge in [0.25, 0.3) is 6.43 Å². The molecule has 4 nitrogen and oxygen atoms in total. The molecule has 1 amide bonds. The molecule has 0 aliphatic carbocycles. The van der Waals surface area contributed by atoms with Crippen molar-refractivity contribution in [2.75, 3.05) is 11.4 Å². The Kier molecular flexibility index (Phi) is 3.75. The maximum atomic E-state index is 12.8. The Balaban J connectivity index is 1.90. The third kappa shape index (κ3) is 2.64. The van der Waals surface area contributed by atoms with Gasteiger partial charge in [-0.15, -0.1) is 0 Å². The van der Waals surface area contributed by atoms with Gasteiger partial charge in [-0.05, 0) is 35.7 Å². The summed E-state index contributed by atoms with van der Waals surface area (Å²) in [5.41, 5.74) is 8.37. The first-order valence-electron chi connectivity index (χ1n) is 6.96. The fraction of sp³-hybridized carbons (Fsp3) is 0.250. The van der Waals surface area contributed by atoms with Gasteiger partial charge in [-0.1, -0.05) is 12.1 Å². The van der Waals surface area contributed by atoms with E-state index in [-0.39, 0.29) is 5.69 Å². The molecule has 22 heavy (non-hydrogen) atoms. The number of halogens is 2. The van der Waals surface area contributed by atoms with E-state index in [1.54, 1.807) is 18.2 Å². The van der Waals surface area contributed by atoms with Crippen LogP contribution in [-0.2, 0) is 13.0 Å². The quantitative estimate of drug-likeness (QED) is 0.948. The summed E-state index contributed by atoms with van der Waals surface area (Å²) in [7, 11) is 0. The standard InChI is InChI=1S/C16H15F2N3O/c17-15(18)14-8-11(4-6-20-14)21-7-5-12-10(9-21)2-1-3-13(12)16(19)22/h1-4,6,8,15H,5,7,9H2,(H2,19,22). The second-order valence-corrected chi connectivity index (χ2v) is 5.22. The number of carbonyl (C=O) groups is 1. The molecular formula is C16H15F2N3O. The Hall–Kier alpha value is -2.50. The lowest BCUT2D eigenvalue weighted by atomic mass is 9.94. The zero-order chi connectivity index (χ0) is 15.7.